The highest BCUT2D eigenvalue weighted by Crippen LogP contribution is 2.33. The molecule has 0 aromatic carbocycles. The fraction of sp³-hybridized carbons (Fsp3) is 0.474. The zero-order valence-corrected chi connectivity index (χ0v) is 16.3. The molecule has 3 N–H and O–H groups in total. The quantitative estimate of drug-likeness (QED) is 0.619. The summed E-state index contributed by atoms with van der Waals surface area (Å²) in [6, 6.07) is 2.06. The van der Waals surface area contributed by atoms with E-state index in [0.717, 1.165) is 42.8 Å². The van der Waals surface area contributed by atoms with E-state index in [0.29, 0.717) is 17.1 Å². The zero-order valence-electron chi connectivity index (χ0n) is 16.3. The van der Waals surface area contributed by atoms with E-state index >= 15 is 0 Å². The molecule has 1 amide bonds. The average molecular weight is 383 g/mol. The summed E-state index contributed by atoms with van der Waals surface area (Å²) < 4.78 is 7.11. The second-order valence-electron chi connectivity index (χ2n) is 7.34. The molecule has 0 bridgehead atoms. The number of rotatable bonds is 5. The van der Waals surface area contributed by atoms with Crippen LogP contribution in [0.4, 0.5) is 0 Å². The Kier molecular flexibility index (Phi) is 4.99. The molecule has 1 aliphatic heterocycles. The summed E-state index contributed by atoms with van der Waals surface area (Å²) in [6.07, 6.45) is 5.20. The van der Waals surface area contributed by atoms with Gasteiger partial charge in [-0.3, -0.25) is 9.89 Å². The van der Waals surface area contributed by atoms with E-state index in [2.05, 4.69) is 44.8 Å². The number of carbonyl (C=O) groups excluding carboxylic acids is 1. The van der Waals surface area contributed by atoms with Crippen LogP contribution in [0.2, 0.25) is 0 Å². The number of ether oxygens (including phenoxy) is 1. The molecule has 3 aromatic rings. The number of methoxy groups -OCH3 is 1. The fourth-order valence-electron chi connectivity index (χ4n) is 3.71. The van der Waals surface area contributed by atoms with Crippen molar-refractivity contribution in [2.24, 2.45) is 0 Å². The van der Waals surface area contributed by atoms with E-state index in [4.69, 9.17) is 4.74 Å². The molecule has 9 heteroatoms. The molecule has 0 aliphatic carbocycles. The van der Waals surface area contributed by atoms with E-state index in [9.17, 15) is 4.79 Å². The number of hydrogen-bond acceptors (Lipinski definition) is 6. The third-order valence-electron chi connectivity index (χ3n) is 5.12. The van der Waals surface area contributed by atoms with Crippen LogP contribution in [0, 0.1) is 0 Å². The number of piperidine rings is 1. The van der Waals surface area contributed by atoms with E-state index in [-0.39, 0.29) is 17.9 Å². The van der Waals surface area contributed by atoms with Gasteiger partial charge in [-0.1, -0.05) is 13.8 Å². The maximum Gasteiger partial charge on any atom is 0.269 e. The Morgan fingerprint density at radius 3 is 2.86 bits per heavy atom. The van der Waals surface area contributed by atoms with Gasteiger partial charge in [0, 0.05) is 23.4 Å². The van der Waals surface area contributed by atoms with Crippen molar-refractivity contribution in [3.05, 3.63) is 29.8 Å². The third-order valence-corrected chi connectivity index (χ3v) is 5.12. The first-order valence-electron chi connectivity index (χ1n) is 9.56. The van der Waals surface area contributed by atoms with Crippen molar-refractivity contribution in [1.29, 1.82) is 0 Å². The first kappa shape index (κ1) is 18.4. The van der Waals surface area contributed by atoms with Crippen LogP contribution in [-0.4, -0.2) is 56.9 Å². The third kappa shape index (κ3) is 3.33. The van der Waals surface area contributed by atoms with Crippen LogP contribution in [-0.2, 0) is 0 Å². The molecule has 0 saturated carbocycles. The molecule has 148 valence electrons. The van der Waals surface area contributed by atoms with Gasteiger partial charge in [-0.15, -0.1) is 0 Å². The number of hydrogen-bond donors (Lipinski definition) is 3. The first-order valence-corrected chi connectivity index (χ1v) is 9.56. The molecule has 0 atom stereocenters. The molecule has 28 heavy (non-hydrogen) atoms. The topological polar surface area (TPSA) is 109 Å². The van der Waals surface area contributed by atoms with Crippen molar-refractivity contribution in [3.8, 4) is 17.0 Å². The van der Waals surface area contributed by atoms with Crippen LogP contribution in [0.15, 0.2) is 18.6 Å². The molecule has 4 rings (SSSR count). The molecule has 0 spiro atoms. The van der Waals surface area contributed by atoms with Crippen LogP contribution in [0.1, 0.15) is 48.7 Å². The Hall–Kier alpha value is -2.94. The fourth-order valence-corrected chi connectivity index (χ4v) is 3.71. The summed E-state index contributed by atoms with van der Waals surface area (Å²) >= 11 is 0. The predicted molar refractivity (Wildman–Crippen MR) is 105 cm³/mol. The van der Waals surface area contributed by atoms with Gasteiger partial charge in [0.2, 0.25) is 0 Å². The summed E-state index contributed by atoms with van der Waals surface area (Å²) in [5.41, 5.74) is 3.57. The summed E-state index contributed by atoms with van der Waals surface area (Å²) in [5, 5.41) is 18.1. The van der Waals surface area contributed by atoms with Crippen LogP contribution >= 0.6 is 0 Å². The molecular formula is C19H25N7O2. The minimum Gasteiger partial charge on any atom is -0.493 e. The Morgan fingerprint density at radius 2 is 2.14 bits per heavy atom. The molecule has 4 heterocycles. The normalized spacial score (nSPS) is 15.3. The summed E-state index contributed by atoms with van der Waals surface area (Å²) in [6.45, 7) is 5.96. The lowest BCUT2D eigenvalue weighted by Crippen LogP contribution is -2.43. The van der Waals surface area contributed by atoms with Crippen molar-refractivity contribution < 1.29 is 9.53 Å². The van der Waals surface area contributed by atoms with E-state index < -0.39 is 0 Å². The van der Waals surface area contributed by atoms with E-state index in [1.54, 1.807) is 11.6 Å². The van der Waals surface area contributed by atoms with Crippen LogP contribution in [0.3, 0.4) is 0 Å². The summed E-state index contributed by atoms with van der Waals surface area (Å²) in [5.74, 6) is 0.608. The first-order chi connectivity index (χ1) is 13.6. The number of carbonyl (C=O) groups is 1. The highest BCUT2D eigenvalue weighted by molar-refractivity contribution is 5.96. The van der Waals surface area contributed by atoms with E-state index in [1.807, 2.05) is 12.3 Å². The van der Waals surface area contributed by atoms with E-state index in [1.165, 1.54) is 6.33 Å². The Labute approximate surface area is 162 Å². The highest BCUT2D eigenvalue weighted by Gasteiger charge is 2.25. The number of amides is 1. The lowest BCUT2D eigenvalue weighted by Gasteiger charge is -2.23. The van der Waals surface area contributed by atoms with Gasteiger partial charge >= 0.3 is 0 Å². The molecule has 1 saturated heterocycles. The number of H-pyrrole nitrogens is 1. The molecule has 0 radical (unpaired) electrons. The van der Waals surface area contributed by atoms with Crippen LogP contribution in [0.5, 0.6) is 5.75 Å². The Bertz CT molecular complexity index is 985. The smallest absolute Gasteiger partial charge is 0.269 e. The minimum absolute atomic E-state index is 0.108. The number of pyridine rings is 1. The van der Waals surface area contributed by atoms with Crippen LogP contribution < -0.4 is 15.4 Å². The van der Waals surface area contributed by atoms with Gasteiger partial charge in [-0.25, -0.2) is 9.50 Å². The van der Waals surface area contributed by atoms with Crippen molar-refractivity contribution in [3.63, 3.8) is 0 Å². The number of nitrogens with zero attached hydrogens (tertiary/aromatic N) is 4. The standard InChI is InChI=1S/C19H25N7O2/c1-11(2)15-16(12-8-14(28-3)18-21-10-22-26(18)9-12)24-25-17(15)19(27)23-13-4-6-20-7-5-13/h8-11,13,20H,4-7H2,1-3H3,(H,23,27)(H,24,25). The molecule has 0 unspecified atom stereocenters. The molecular weight excluding hydrogens is 358 g/mol. The van der Waals surface area contributed by atoms with Crippen molar-refractivity contribution in [2.75, 3.05) is 20.2 Å². The molecule has 1 fully saturated rings. The van der Waals surface area contributed by atoms with Gasteiger partial charge in [0.25, 0.3) is 5.91 Å². The monoisotopic (exact) mass is 383 g/mol. The second-order valence-corrected chi connectivity index (χ2v) is 7.34. The van der Waals surface area contributed by atoms with Gasteiger partial charge in [-0.2, -0.15) is 10.2 Å². The van der Waals surface area contributed by atoms with Gasteiger partial charge in [-0.05, 0) is 37.9 Å². The Morgan fingerprint density at radius 1 is 1.36 bits per heavy atom. The Balaban J connectivity index is 1.71. The number of aromatic nitrogens is 5. The average Bonchev–Trinajstić information content (AvgIpc) is 3.34. The largest absolute Gasteiger partial charge is 0.493 e. The number of aromatic amines is 1. The van der Waals surface area contributed by atoms with Gasteiger partial charge in [0.1, 0.15) is 12.0 Å². The lowest BCUT2D eigenvalue weighted by molar-refractivity contribution is 0.0923. The maximum atomic E-state index is 12.9. The van der Waals surface area contributed by atoms with Crippen molar-refractivity contribution in [2.45, 2.75) is 38.6 Å². The molecule has 9 nitrogen and oxygen atoms in total. The van der Waals surface area contributed by atoms with Crippen molar-refractivity contribution in [1.82, 2.24) is 35.4 Å². The van der Waals surface area contributed by atoms with Gasteiger partial charge < -0.3 is 15.4 Å². The van der Waals surface area contributed by atoms with Crippen LogP contribution in [0.25, 0.3) is 16.9 Å². The SMILES string of the molecule is COc1cc(-c2n[nH]c(C(=O)NC3CCNCC3)c2C(C)C)cn2ncnc12. The second kappa shape index (κ2) is 7.59. The minimum atomic E-state index is -0.108. The summed E-state index contributed by atoms with van der Waals surface area (Å²) in [7, 11) is 1.60. The number of fused-ring (bicyclic) bond motifs is 1. The van der Waals surface area contributed by atoms with Crippen molar-refractivity contribution >= 4 is 11.6 Å². The lowest BCUT2D eigenvalue weighted by atomic mass is 9.96. The summed E-state index contributed by atoms with van der Waals surface area (Å²) in [4.78, 5) is 17.1. The van der Waals surface area contributed by atoms with Gasteiger partial charge in [0.15, 0.2) is 11.4 Å². The molecule has 3 aromatic heterocycles. The predicted octanol–water partition coefficient (Wildman–Crippen LogP) is 1.73. The molecule has 1 aliphatic rings. The number of nitrogens with one attached hydrogen (secondary N) is 3. The van der Waals surface area contributed by atoms with Gasteiger partial charge in [0.05, 0.1) is 12.8 Å². The highest BCUT2D eigenvalue weighted by atomic mass is 16.5. The maximum absolute atomic E-state index is 12.9. The zero-order chi connectivity index (χ0) is 19.7.